The molecule has 2 N–H and O–H groups in total. The van der Waals surface area contributed by atoms with Gasteiger partial charge in [0.15, 0.2) is 10.9 Å². The first-order valence-electron chi connectivity index (χ1n) is 5.07. The van der Waals surface area contributed by atoms with E-state index in [2.05, 4.69) is 15.7 Å². The van der Waals surface area contributed by atoms with Crippen molar-refractivity contribution < 1.29 is 0 Å². The molecule has 2 rings (SSSR count). The van der Waals surface area contributed by atoms with E-state index in [1.54, 1.807) is 22.9 Å². The molecule has 0 aliphatic rings. The zero-order valence-electron chi connectivity index (χ0n) is 9.45. The predicted octanol–water partition coefficient (Wildman–Crippen LogP) is 3.54. The lowest BCUT2D eigenvalue weighted by Gasteiger charge is -2.10. The third-order valence-electron chi connectivity index (χ3n) is 2.13. The molecule has 1 aromatic carbocycles. The molecule has 0 spiro atoms. The minimum Gasteiger partial charge on any atom is -0.331 e. The average Bonchev–Trinajstić information content (AvgIpc) is 2.68. The molecule has 94 valence electrons. The predicted molar refractivity (Wildman–Crippen MR) is 79.5 cm³/mol. The second-order valence-corrected chi connectivity index (χ2v) is 4.83. The van der Waals surface area contributed by atoms with Crippen LogP contribution in [0.2, 0.25) is 10.0 Å². The van der Waals surface area contributed by atoms with Crippen molar-refractivity contribution in [3.63, 3.8) is 0 Å². The summed E-state index contributed by atoms with van der Waals surface area (Å²) in [6, 6.07) is 6.96. The van der Waals surface area contributed by atoms with E-state index in [9.17, 15) is 0 Å². The fourth-order valence-corrected chi connectivity index (χ4v) is 2.01. The number of benzene rings is 1. The van der Waals surface area contributed by atoms with Crippen LogP contribution >= 0.6 is 35.4 Å². The van der Waals surface area contributed by atoms with Crippen molar-refractivity contribution in [3.05, 3.63) is 40.5 Å². The fourth-order valence-electron chi connectivity index (χ4n) is 1.34. The molecule has 0 atom stereocenters. The quantitative estimate of drug-likeness (QED) is 0.833. The topological polar surface area (TPSA) is 41.9 Å². The Hall–Kier alpha value is -1.30. The molecule has 7 heteroatoms. The van der Waals surface area contributed by atoms with Crippen molar-refractivity contribution in [1.29, 1.82) is 0 Å². The Bertz CT molecular complexity index is 582. The number of nitrogens with zero attached hydrogens (tertiary/aromatic N) is 2. The number of nitrogens with one attached hydrogen (secondary N) is 2. The normalized spacial score (nSPS) is 10.2. The van der Waals surface area contributed by atoms with E-state index in [1.807, 2.05) is 19.3 Å². The molecule has 1 aromatic heterocycles. The Labute approximate surface area is 120 Å². The molecule has 0 saturated heterocycles. The number of anilines is 2. The van der Waals surface area contributed by atoms with Crippen molar-refractivity contribution in [1.82, 2.24) is 9.78 Å². The van der Waals surface area contributed by atoms with Crippen LogP contribution in [-0.2, 0) is 7.05 Å². The van der Waals surface area contributed by atoms with Gasteiger partial charge in [-0.15, -0.1) is 0 Å². The highest BCUT2D eigenvalue weighted by Crippen LogP contribution is 2.25. The molecular weight excluding hydrogens is 291 g/mol. The third-order valence-corrected chi connectivity index (χ3v) is 2.89. The van der Waals surface area contributed by atoms with Crippen LogP contribution in [0.15, 0.2) is 30.5 Å². The van der Waals surface area contributed by atoms with Gasteiger partial charge in [0.05, 0.1) is 10.7 Å². The van der Waals surface area contributed by atoms with Gasteiger partial charge < -0.3 is 10.6 Å². The summed E-state index contributed by atoms with van der Waals surface area (Å²) in [6.07, 6.45) is 1.82. The maximum atomic E-state index is 6.03. The summed E-state index contributed by atoms with van der Waals surface area (Å²) < 4.78 is 1.68. The van der Waals surface area contributed by atoms with Crippen LogP contribution in [0, 0.1) is 0 Å². The maximum Gasteiger partial charge on any atom is 0.176 e. The molecule has 0 unspecified atom stereocenters. The first kappa shape index (κ1) is 13.1. The van der Waals surface area contributed by atoms with Crippen molar-refractivity contribution >= 4 is 52.0 Å². The first-order valence-corrected chi connectivity index (χ1v) is 6.24. The Balaban J connectivity index is 2.03. The summed E-state index contributed by atoms with van der Waals surface area (Å²) in [5.74, 6) is 0.667. The van der Waals surface area contributed by atoms with Gasteiger partial charge in [-0.3, -0.25) is 4.68 Å². The van der Waals surface area contributed by atoms with Crippen LogP contribution in [0.1, 0.15) is 0 Å². The number of aryl methyl sites for hydroxylation is 1. The second kappa shape index (κ2) is 5.56. The van der Waals surface area contributed by atoms with Gasteiger partial charge in [0.2, 0.25) is 0 Å². The molecular formula is C11H10Cl2N4S. The number of rotatable bonds is 2. The van der Waals surface area contributed by atoms with Gasteiger partial charge in [0.1, 0.15) is 0 Å². The number of hydrogen-bond acceptors (Lipinski definition) is 2. The van der Waals surface area contributed by atoms with Crippen LogP contribution in [0.25, 0.3) is 0 Å². The monoisotopic (exact) mass is 300 g/mol. The molecule has 0 fully saturated rings. The van der Waals surface area contributed by atoms with E-state index in [1.165, 1.54) is 0 Å². The van der Waals surface area contributed by atoms with Gasteiger partial charge in [0.25, 0.3) is 0 Å². The molecule has 0 aliphatic heterocycles. The minimum atomic E-state index is 0.415. The van der Waals surface area contributed by atoms with Crippen molar-refractivity contribution in [2.75, 3.05) is 10.6 Å². The summed E-state index contributed by atoms with van der Waals surface area (Å²) >= 11 is 17.0. The zero-order chi connectivity index (χ0) is 13.1. The molecule has 4 nitrogen and oxygen atoms in total. The highest BCUT2D eigenvalue weighted by molar-refractivity contribution is 7.80. The standard InChI is InChI=1S/C11H10Cl2N4S/c1-17-5-4-10(16-17)15-11(18)14-9-3-2-7(12)6-8(9)13/h2-6H,1H3,(H2,14,15,16,18). The zero-order valence-corrected chi connectivity index (χ0v) is 11.8. The van der Waals surface area contributed by atoms with Crippen molar-refractivity contribution in [3.8, 4) is 0 Å². The molecule has 2 aromatic rings. The summed E-state index contributed by atoms with van der Waals surface area (Å²) in [5, 5.41) is 11.6. The SMILES string of the molecule is Cn1ccc(NC(=S)Nc2ccc(Cl)cc2Cl)n1. The van der Waals surface area contributed by atoms with E-state index >= 15 is 0 Å². The molecule has 0 aliphatic carbocycles. The van der Waals surface area contributed by atoms with Gasteiger partial charge in [-0.1, -0.05) is 23.2 Å². The van der Waals surface area contributed by atoms with E-state index < -0.39 is 0 Å². The smallest absolute Gasteiger partial charge is 0.176 e. The van der Waals surface area contributed by atoms with Gasteiger partial charge in [0, 0.05) is 24.3 Å². The van der Waals surface area contributed by atoms with E-state index in [-0.39, 0.29) is 0 Å². The summed E-state index contributed by atoms with van der Waals surface area (Å²) in [7, 11) is 1.83. The summed E-state index contributed by atoms with van der Waals surface area (Å²) in [6.45, 7) is 0. The number of aromatic nitrogens is 2. The largest absolute Gasteiger partial charge is 0.331 e. The molecule has 18 heavy (non-hydrogen) atoms. The van der Waals surface area contributed by atoms with Crippen LogP contribution in [-0.4, -0.2) is 14.9 Å². The molecule has 0 amide bonds. The molecule has 0 bridgehead atoms. The number of thiocarbonyl (C=S) groups is 1. The summed E-state index contributed by atoms with van der Waals surface area (Å²) in [5.41, 5.74) is 0.689. The Morgan fingerprint density at radius 3 is 2.67 bits per heavy atom. The van der Waals surface area contributed by atoms with Crippen LogP contribution in [0.3, 0.4) is 0 Å². The van der Waals surface area contributed by atoms with Gasteiger partial charge in [-0.2, -0.15) is 5.10 Å². The Morgan fingerprint density at radius 1 is 1.28 bits per heavy atom. The maximum absolute atomic E-state index is 6.03. The average molecular weight is 301 g/mol. The highest BCUT2D eigenvalue weighted by atomic mass is 35.5. The molecule has 0 radical (unpaired) electrons. The lowest BCUT2D eigenvalue weighted by molar-refractivity contribution is 0.772. The van der Waals surface area contributed by atoms with Crippen molar-refractivity contribution in [2.24, 2.45) is 7.05 Å². The first-order chi connectivity index (χ1) is 8.54. The van der Waals surface area contributed by atoms with Gasteiger partial charge in [-0.25, -0.2) is 0 Å². The van der Waals surface area contributed by atoms with E-state index in [4.69, 9.17) is 35.4 Å². The summed E-state index contributed by atoms with van der Waals surface area (Å²) in [4.78, 5) is 0. The van der Waals surface area contributed by atoms with Gasteiger partial charge in [-0.05, 0) is 30.4 Å². The second-order valence-electron chi connectivity index (χ2n) is 3.58. The molecule has 0 saturated carbocycles. The van der Waals surface area contributed by atoms with E-state index in [0.717, 1.165) is 0 Å². The van der Waals surface area contributed by atoms with Crippen LogP contribution < -0.4 is 10.6 Å². The number of halogens is 2. The lowest BCUT2D eigenvalue weighted by Crippen LogP contribution is -2.19. The van der Waals surface area contributed by atoms with Crippen LogP contribution in [0.5, 0.6) is 0 Å². The third kappa shape index (κ3) is 3.35. The number of hydrogen-bond donors (Lipinski definition) is 2. The fraction of sp³-hybridized carbons (Fsp3) is 0.0909. The molecule has 1 heterocycles. The Kier molecular flexibility index (Phi) is 4.06. The minimum absolute atomic E-state index is 0.415. The van der Waals surface area contributed by atoms with Crippen molar-refractivity contribution in [2.45, 2.75) is 0 Å². The Morgan fingerprint density at radius 2 is 2.06 bits per heavy atom. The van der Waals surface area contributed by atoms with E-state index in [0.29, 0.717) is 26.7 Å². The lowest BCUT2D eigenvalue weighted by atomic mass is 10.3. The van der Waals surface area contributed by atoms with Crippen LogP contribution in [0.4, 0.5) is 11.5 Å². The highest BCUT2D eigenvalue weighted by Gasteiger charge is 2.04. The van der Waals surface area contributed by atoms with Gasteiger partial charge >= 0.3 is 0 Å².